The monoisotopic (exact) mass is 517 g/mol. The van der Waals surface area contributed by atoms with Crippen LogP contribution in [0.25, 0.3) is 22.0 Å². The fraction of sp³-hybridized carbons (Fsp3) is 0.500. The van der Waals surface area contributed by atoms with Crippen LogP contribution in [0.15, 0.2) is 42.5 Å². The predicted octanol–water partition coefficient (Wildman–Crippen LogP) is 6.78. The molecule has 3 aromatic rings. The number of hydrogen-bond acceptors (Lipinski definition) is 4. The Morgan fingerprint density at radius 1 is 1.14 bits per heavy atom. The number of benzene rings is 2. The van der Waals surface area contributed by atoms with Crippen LogP contribution < -0.4 is 0 Å². The number of piperidine rings is 1. The summed E-state index contributed by atoms with van der Waals surface area (Å²) in [4.78, 5) is 14.2. The summed E-state index contributed by atoms with van der Waals surface area (Å²) >= 11 is 0. The molecule has 1 aromatic heterocycles. The fourth-order valence-corrected chi connectivity index (χ4v) is 4.99. The van der Waals surface area contributed by atoms with E-state index in [0.29, 0.717) is 43.4 Å². The van der Waals surface area contributed by atoms with E-state index in [9.17, 15) is 23.1 Å². The summed E-state index contributed by atoms with van der Waals surface area (Å²) in [5.41, 5.74) is 0.926. The molecule has 9 heteroatoms. The molecule has 0 bridgehead atoms. The largest absolute Gasteiger partial charge is 0.444 e. The van der Waals surface area contributed by atoms with Crippen molar-refractivity contribution >= 4 is 17.0 Å². The number of aliphatic hydroxyl groups excluding tert-OH is 1. The highest BCUT2D eigenvalue weighted by Crippen LogP contribution is 2.40. The molecule has 4 rings (SSSR count). The third-order valence-corrected chi connectivity index (χ3v) is 6.78. The summed E-state index contributed by atoms with van der Waals surface area (Å²) in [5.74, 6) is 0.109. The van der Waals surface area contributed by atoms with Crippen molar-refractivity contribution in [1.82, 2.24) is 14.7 Å². The van der Waals surface area contributed by atoms with Crippen LogP contribution in [0.4, 0.5) is 18.0 Å². The number of aromatic nitrogens is 2. The summed E-state index contributed by atoms with van der Waals surface area (Å²) in [7, 11) is 0. The Morgan fingerprint density at radius 2 is 1.81 bits per heavy atom. The number of carbonyl (C=O) groups is 1. The lowest BCUT2D eigenvalue weighted by atomic mass is 9.90. The van der Waals surface area contributed by atoms with Gasteiger partial charge in [-0.25, -0.2) is 4.79 Å². The number of ether oxygens (including phenoxy) is 1. The molecule has 1 saturated heterocycles. The maximum atomic E-state index is 13.6. The van der Waals surface area contributed by atoms with Gasteiger partial charge < -0.3 is 14.7 Å². The van der Waals surface area contributed by atoms with Crippen molar-refractivity contribution < 1.29 is 27.8 Å². The Morgan fingerprint density at radius 3 is 2.43 bits per heavy atom. The van der Waals surface area contributed by atoms with E-state index in [-0.39, 0.29) is 30.2 Å². The number of aliphatic hydroxyl groups is 1. The van der Waals surface area contributed by atoms with Gasteiger partial charge in [-0.1, -0.05) is 30.3 Å². The van der Waals surface area contributed by atoms with Gasteiger partial charge in [0.25, 0.3) is 0 Å². The second-order valence-corrected chi connectivity index (χ2v) is 10.7. The molecule has 1 aliphatic heterocycles. The first kappa shape index (κ1) is 27.0. The Labute approximate surface area is 215 Å². The van der Waals surface area contributed by atoms with Crippen LogP contribution in [-0.2, 0) is 10.9 Å². The van der Waals surface area contributed by atoms with Crippen LogP contribution in [0.5, 0.6) is 0 Å². The van der Waals surface area contributed by atoms with E-state index in [1.807, 2.05) is 38.4 Å². The molecule has 0 spiro atoms. The van der Waals surface area contributed by atoms with Gasteiger partial charge in [-0.05, 0) is 70.2 Å². The van der Waals surface area contributed by atoms with Gasteiger partial charge in [-0.3, -0.25) is 4.68 Å². The number of carbonyl (C=O) groups excluding carboxylic acids is 1. The maximum absolute atomic E-state index is 13.6. The lowest BCUT2D eigenvalue weighted by Crippen LogP contribution is -2.41. The van der Waals surface area contributed by atoms with Crippen LogP contribution in [0.3, 0.4) is 0 Å². The molecule has 2 heterocycles. The fourth-order valence-electron chi connectivity index (χ4n) is 4.99. The summed E-state index contributed by atoms with van der Waals surface area (Å²) < 4.78 is 48.4. The normalized spacial score (nSPS) is 16.3. The van der Waals surface area contributed by atoms with Crippen molar-refractivity contribution in [1.29, 1.82) is 0 Å². The van der Waals surface area contributed by atoms with E-state index in [1.54, 1.807) is 23.1 Å². The zero-order chi connectivity index (χ0) is 27.0. The van der Waals surface area contributed by atoms with E-state index in [1.165, 1.54) is 12.1 Å². The predicted molar refractivity (Wildman–Crippen MR) is 136 cm³/mol. The quantitative estimate of drug-likeness (QED) is 0.405. The Kier molecular flexibility index (Phi) is 7.55. The molecule has 1 amide bonds. The zero-order valence-corrected chi connectivity index (χ0v) is 21.7. The van der Waals surface area contributed by atoms with Crippen molar-refractivity contribution in [2.24, 2.45) is 0 Å². The van der Waals surface area contributed by atoms with Crippen molar-refractivity contribution in [2.45, 2.75) is 70.7 Å². The van der Waals surface area contributed by atoms with Gasteiger partial charge in [0.1, 0.15) is 5.60 Å². The smallest absolute Gasteiger partial charge is 0.417 e. The summed E-state index contributed by atoms with van der Waals surface area (Å²) in [6.45, 7) is 8.57. The Hall–Kier alpha value is -3.07. The van der Waals surface area contributed by atoms with Crippen molar-refractivity contribution in [3.8, 4) is 11.1 Å². The number of alkyl halides is 3. The van der Waals surface area contributed by atoms with Crippen LogP contribution in [0.1, 0.15) is 70.2 Å². The van der Waals surface area contributed by atoms with Gasteiger partial charge in [0.15, 0.2) is 0 Å². The first-order valence-corrected chi connectivity index (χ1v) is 12.7. The number of rotatable bonds is 5. The number of amides is 1. The van der Waals surface area contributed by atoms with E-state index >= 15 is 0 Å². The molecule has 1 atom stereocenters. The van der Waals surface area contributed by atoms with E-state index < -0.39 is 17.3 Å². The first-order chi connectivity index (χ1) is 17.4. The molecule has 0 saturated carbocycles. The van der Waals surface area contributed by atoms with Gasteiger partial charge in [0, 0.05) is 36.7 Å². The first-order valence-electron chi connectivity index (χ1n) is 12.7. The van der Waals surface area contributed by atoms with Crippen LogP contribution >= 0.6 is 0 Å². The standard InChI is InChI=1S/C28H34F3N3O3/c1-18(13-16-35)34-25(19-11-14-33(15-12-19)26(36)37-27(2,3)4)22-10-9-20(17-24(22)32-34)21-7-5-6-8-23(21)28(29,30)31/h5-10,17-19,35H,11-16H2,1-4H3. The molecular weight excluding hydrogens is 483 g/mol. The van der Waals surface area contributed by atoms with Gasteiger partial charge >= 0.3 is 12.3 Å². The number of halogens is 3. The molecule has 0 aliphatic carbocycles. The van der Waals surface area contributed by atoms with Gasteiger partial charge in [-0.2, -0.15) is 18.3 Å². The number of nitrogens with zero attached hydrogens (tertiary/aromatic N) is 3. The summed E-state index contributed by atoms with van der Waals surface area (Å²) in [6, 6.07) is 10.7. The highest BCUT2D eigenvalue weighted by Gasteiger charge is 2.34. The molecule has 0 radical (unpaired) electrons. The summed E-state index contributed by atoms with van der Waals surface area (Å²) in [5, 5.41) is 15.2. The highest BCUT2D eigenvalue weighted by atomic mass is 19.4. The minimum atomic E-state index is -4.46. The molecule has 1 unspecified atom stereocenters. The molecule has 200 valence electrons. The van der Waals surface area contributed by atoms with Crippen molar-refractivity contribution in [2.75, 3.05) is 19.7 Å². The molecular formula is C28H34F3N3O3. The minimum absolute atomic E-state index is 0.00188. The maximum Gasteiger partial charge on any atom is 0.417 e. The zero-order valence-electron chi connectivity index (χ0n) is 21.7. The number of hydrogen-bond donors (Lipinski definition) is 1. The minimum Gasteiger partial charge on any atom is -0.444 e. The topological polar surface area (TPSA) is 67.6 Å². The number of fused-ring (bicyclic) bond motifs is 1. The molecule has 1 N–H and O–H groups in total. The second-order valence-electron chi connectivity index (χ2n) is 10.7. The molecule has 2 aromatic carbocycles. The molecule has 1 fully saturated rings. The van der Waals surface area contributed by atoms with Gasteiger partial charge in [-0.15, -0.1) is 0 Å². The Balaban J connectivity index is 1.69. The van der Waals surface area contributed by atoms with Crippen molar-refractivity contribution in [3.63, 3.8) is 0 Å². The van der Waals surface area contributed by atoms with Gasteiger partial charge in [0.2, 0.25) is 0 Å². The second kappa shape index (κ2) is 10.4. The average Bonchev–Trinajstić information content (AvgIpc) is 3.21. The average molecular weight is 518 g/mol. The Bertz CT molecular complexity index is 1260. The third-order valence-electron chi connectivity index (χ3n) is 6.78. The van der Waals surface area contributed by atoms with Crippen LogP contribution in [0.2, 0.25) is 0 Å². The van der Waals surface area contributed by atoms with E-state index in [0.717, 1.165) is 17.1 Å². The molecule has 37 heavy (non-hydrogen) atoms. The summed E-state index contributed by atoms with van der Waals surface area (Å²) in [6.07, 6.45) is -2.87. The third kappa shape index (κ3) is 5.92. The van der Waals surface area contributed by atoms with Gasteiger partial charge in [0.05, 0.1) is 17.1 Å². The molecule has 6 nitrogen and oxygen atoms in total. The van der Waals surface area contributed by atoms with E-state index in [4.69, 9.17) is 9.84 Å². The van der Waals surface area contributed by atoms with Crippen LogP contribution in [0, 0.1) is 0 Å². The highest BCUT2D eigenvalue weighted by molar-refractivity contribution is 5.87. The molecule has 1 aliphatic rings. The number of likely N-dealkylation sites (tertiary alicyclic amines) is 1. The van der Waals surface area contributed by atoms with E-state index in [2.05, 4.69) is 0 Å². The van der Waals surface area contributed by atoms with Crippen molar-refractivity contribution in [3.05, 3.63) is 53.7 Å². The SMILES string of the molecule is CC(CCO)n1nc2cc(-c3ccccc3C(F)(F)F)ccc2c1C1CCN(C(=O)OC(C)(C)C)CC1. The lowest BCUT2D eigenvalue weighted by molar-refractivity contribution is -0.137. The lowest BCUT2D eigenvalue weighted by Gasteiger charge is -2.34. The van der Waals surface area contributed by atoms with Crippen LogP contribution in [-0.4, -0.2) is 51.2 Å².